The monoisotopic (exact) mass is 347 g/mol. The van der Waals surface area contributed by atoms with Crippen LogP contribution in [0.1, 0.15) is 18.1 Å². The minimum atomic E-state index is 0.768. The van der Waals surface area contributed by atoms with Gasteiger partial charge in [-0.2, -0.15) is 4.98 Å². The van der Waals surface area contributed by atoms with Gasteiger partial charge in [-0.15, -0.1) is 0 Å². The summed E-state index contributed by atoms with van der Waals surface area (Å²) in [6, 6.07) is 16.5. The van der Waals surface area contributed by atoms with Gasteiger partial charge in [-0.05, 0) is 42.7 Å². The van der Waals surface area contributed by atoms with Gasteiger partial charge < -0.3 is 9.80 Å². The molecule has 0 saturated carbocycles. The number of nitrogens with zero attached hydrogens (tertiary/aromatic N) is 5. The average Bonchev–Trinajstić information content (AvgIpc) is 2.72. The second-order valence-electron chi connectivity index (χ2n) is 6.24. The highest BCUT2D eigenvalue weighted by molar-refractivity contribution is 5.43. The summed E-state index contributed by atoms with van der Waals surface area (Å²) < 4.78 is 0. The molecule has 2 heterocycles. The molecule has 0 unspecified atom stereocenters. The molecule has 5 nitrogen and oxygen atoms in total. The molecule has 0 N–H and O–H groups in total. The number of hydrogen-bond donors (Lipinski definition) is 0. The van der Waals surface area contributed by atoms with E-state index in [-0.39, 0.29) is 0 Å². The van der Waals surface area contributed by atoms with Crippen LogP contribution in [0.4, 0.5) is 11.8 Å². The van der Waals surface area contributed by atoms with E-state index in [1.165, 1.54) is 11.1 Å². The summed E-state index contributed by atoms with van der Waals surface area (Å²) in [5.74, 6) is 1.71. The zero-order chi connectivity index (χ0) is 18.2. The van der Waals surface area contributed by atoms with Crippen molar-refractivity contribution in [2.24, 2.45) is 0 Å². The molecule has 0 atom stereocenters. The minimum Gasteiger partial charge on any atom is -0.359 e. The lowest BCUT2D eigenvalue weighted by Gasteiger charge is -2.23. The van der Waals surface area contributed by atoms with Crippen molar-refractivity contribution in [2.45, 2.75) is 19.9 Å². The Bertz CT molecular complexity index is 792. The van der Waals surface area contributed by atoms with Crippen LogP contribution in [0.15, 0.2) is 67.1 Å². The van der Waals surface area contributed by atoms with Crippen LogP contribution in [0.3, 0.4) is 0 Å². The number of benzene rings is 1. The predicted molar refractivity (Wildman–Crippen MR) is 106 cm³/mol. The smallest absolute Gasteiger partial charge is 0.227 e. The van der Waals surface area contributed by atoms with E-state index in [1.54, 1.807) is 0 Å². The Morgan fingerprint density at radius 1 is 0.885 bits per heavy atom. The second-order valence-corrected chi connectivity index (χ2v) is 6.24. The van der Waals surface area contributed by atoms with Gasteiger partial charge in [-0.1, -0.05) is 30.3 Å². The maximum Gasteiger partial charge on any atom is 0.227 e. The normalized spacial score (nSPS) is 10.5. The van der Waals surface area contributed by atoms with E-state index in [9.17, 15) is 0 Å². The van der Waals surface area contributed by atoms with Gasteiger partial charge in [0.05, 0.1) is 0 Å². The molecule has 3 rings (SSSR count). The summed E-state index contributed by atoms with van der Waals surface area (Å²) in [5.41, 5.74) is 2.54. The highest BCUT2D eigenvalue weighted by Crippen LogP contribution is 2.16. The quantitative estimate of drug-likeness (QED) is 0.623. The van der Waals surface area contributed by atoms with Crippen molar-refractivity contribution in [1.82, 2.24) is 15.0 Å². The molecule has 3 aromatic rings. The van der Waals surface area contributed by atoms with Gasteiger partial charge in [0.2, 0.25) is 5.95 Å². The first-order valence-corrected chi connectivity index (χ1v) is 8.98. The third-order valence-corrected chi connectivity index (χ3v) is 4.39. The van der Waals surface area contributed by atoms with Crippen LogP contribution < -0.4 is 9.80 Å². The molecule has 1 aromatic carbocycles. The summed E-state index contributed by atoms with van der Waals surface area (Å²) in [6.07, 6.45) is 6.47. The van der Waals surface area contributed by atoms with Crippen LogP contribution in [-0.2, 0) is 13.0 Å². The molecule has 2 aromatic heterocycles. The van der Waals surface area contributed by atoms with E-state index >= 15 is 0 Å². The summed E-state index contributed by atoms with van der Waals surface area (Å²) in [4.78, 5) is 17.7. The Balaban J connectivity index is 1.68. The Hall–Kier alpha value is -2.95. The zero-order valence-electron chi connectivity index (χ0n) is 15.4. The molecular formula is C21H25N5. The summed E-state index contributed by atoms with van der Waals surface area (Å²) >= 11 is 0. The van der Waals surface area contributed by atoms with Gasteiger partial charge >= 0.3 is 0 Å². The molecule has 0 aliphatic rings. The predicted octanol–water partition coefficient (Wildman–Crippen LogP) is 3.58. The molecular weight excluding hydrogens is 322 g/mol. The van der Waals surface area contributed by atoms with E-state index < -0.39 is 0 Å². The number of likely N-dealkylation sites (N-methyl/N-ethyl adjacent to an activating group) is 1. The van der Waals surface area contributed by atoms with Gasteiger partial charge in [0, 0.05) is 45.3 Å². The Kier molecular flexibility index (Phi) is 6.14. The largest absolute Gasteiger partial charge is 0.359 e. The highest BCUT2D eigenvalue weighted by Gasteiger charge is 2.11. The molecule has 5 heteroatoms. The van der Waals surface area contributed by atoms with Gasteiger partial charge in [0.15, 0.2) is 0 Å². The standard InChI is InChI=1S/C21H25N5/c1-3-26(17-19-7-5-4-6-8-19)21-23-15-11-20(24-21)25(2)16-12-18-9-13-22-14-10-18/h4-11,13-15H,3,12,16-17H2,1-2H3. The lowest BCUT2D eigenvalue weighted by atomic mass is 10.2. The molecule has 0 spiro atoms. The van der Waals surface area contributed by atoms with Crippen molar-refractivity contribution >= 4 is 11.8 Å². The van der Waals surface area contributed by atoms with E-state index in [0.717, 1.165) is 37.8 Å². The highest BCUT2D eigenvalue weighted by atomic mass is 15.3. The first kappa shape index (κ1) is 17.9. The SMILES string of the molecule is CCN(Cc1ccccc1)c1nccc(N(C)CCc2ccncc2)n1. The Morgan fingerprint density at radius 2 is 1.65 bits per heavy atom. The maximum absolute atomic E-state index is 4.78. The summed E-state index contributed by atoms with van der Waals surface area (Å²) in [5, 5.41) is 0. The van der Waals surface area contributed by atoms with Gasteiger partial charge in [0.1, 0.15) is 5.82 Å². The molecule has 0 saturated heterocycles. The average molecular weight is 347 g/mol. The topological polar surface area (TPSA) is 45.2 Å². The zero-order valence-corrected chi connectivity index (χ0v) is 15.4. The number of pyridine rings is 1. The number of rotatable bonds is 8. The van der Waals surface area contributed by atoms with Crippen LogP contribution in [-0.4, -0.2) is 35.1 Å². The van der Waals surface area contributed by atoms with E-state index in [4.69, 9.17) is 4.98 Å². The molecule has 0 aliphatic carbocycles. The molecule has 0 bridgehead atoms. The van der Waals surface area contributed by atoms with Gasteiger partial charge in [-0.25, -0.2) is 4.98 Å². The van der Waals surface area contributed by atoms with Gasteiger partial charge in [-0.3, -0.25) is 4.98 Å². The van der Waals surface area contributed by atoms with Crippen molar-refractivity contribution in [3.8, 4) is 0 Å². The summed E-state index contributed by atoms with van der Waals surface area (Å²) in [7, 11) is 2.07. The number of aromatic nitrogens is 3. The van der Waals surface area contributed by atoms with Crippen LogP contribution in [0.2, 0.25) is 0 Å². The van der Waals surface area contributed by atoms with Crippen molar-refractivity contribution in [3.05, 3.63) is 78.2 Å². The molecule has 0 aliphatic heterocycles. The molecule has 134 valence electrons. The van der Waals surface area contributed by atoms with Crippen LogP contribution >= 0.6 is 0 Å². The number of anilines is 2. The number of hydrogen-bond acceptors (Lipinski definition) is 5. The fourth-order valence-corrected chi connectivity index (χ4v) is 2.79. The Morgan fingerprint density at radius 3 is 2.38 bits per heavy atom. The van der Waals surface area contributed by atoms with E-state index in [2.05, 4.69) is 70.1 Å². The van der Waals surface area contributed by atoms with Crippen molar-refractivity contribution in [1.29, 1.82) is 0 Å². The first-order valence-electron chi connectivity index (χ1n) is 8.98. The third kappa shape index (κ3) is 4.79. The van der Waals surface area contributed by atoms with Crippen molar-refractivity contribution in [3.63, 3.8) is 0 Å². The van der Waals surface area contributed by atoms with E-state index in [1.807, 2.05) is 30.7 Å². The van der Waals surface area contributed by atoms with Crippen LogP contribution in [0, 0.1) is 0 Å². The molecule has 0 fully saturated rings. The molecule has 0 radical (unpaired) electrons. The lowest BCUT2D eigenvalue weighted by molar-refractivity contribution is 0.782. The fourth-order valence-electron chi connectivity index (χ4n) is 2.79. The van der Waals surface area contributed by atoms with Gasteiger partial charge in [0.25, 0.3) is 0 Å². The second kappa shape index (κ2) is 8.94. The van der Waals surface area contributed by atoms with Crippen LogP contribution in [0.5, 0.6) is 0 Å². The van der Waals surface area contributed by atoms with Crippen molar-refractivity contribution in [2.75, 3.05) is 29.9 Å². The molecule has 0 amide bonds. The maximum atomic E-state index is 4.78. The fraction of sp³-hybridized carbons (Fsp3) is 0.286. The minimum absolute atomic E-state index is 0.768. The first-order chi connectivity index (χ1) is 12.8. The van der Waals surface area contributed by atoms with Crippen molar-refractivity contribution < 1.29 is 0 Å². The summed E-state index contributed by atoms with van der Waals surface area (Å²) in [6.45, 7) is 4.69. The Labute approximate surface area is 155 Å². The lowest BCUT2D eigenvalue weighted by Crippen LogP contribution is -2.26. The van der Waals surface area contributed by atoms with E-state index in [0.29, 0.717) is 0 Å². The molecule has 26 heavy (non-hydrogen) atoms. The van der Waals surface area contributed by atoms with Crippen LogP contribution in [0.25, 0.3) is 0 Å². The third-order valence-electron chi connectivity index (χ3n) is 4.39.